The monoisotopic (exact) mass is 520 g/mol. The molecule has 0 aliphatic heterocycles. The minimum absolute atomic E-state index is 0.131. The molecule has 4 atom stereocenters. The Morgan fingerprint density at radius 1 is 0.816 bits per heavy atom. The smallest absolute Gasteiger partial charge is 0.136 e. The van der Waals surface area contributed by atoms with E-state index in [1.54, 1.807) is 6.92 Å². The molecule has 0 saturated heterocycles. The maximum Gasteiger partial charge on any atom is 0.136 e. The summed E-state index contributed by atoms with van der Waals surface area (Å²) in [6.07, 6.45) is 10.5. The zero-order chi connectivity index (χ0) is 26.8. The lowest BCUT2D eigenvalue weighted by Gasteiger charge is -2.35. The van der Waals surface area contributed by atoms with Crippen molar-refractivity contribution in [3.8, 4) is 0 Å². The minimum Gasteiger partial charge on any atom is -0.389 e. The Hall–Kier alpha value is -2.01. The third kappa shape index (κ3) is 7.55. The molecule has 2 aliphatic carbocycles. The number of hydrogen-bond acceptors (Lipinski definition) is 4. The molecule has 2 aromatic carbocycles. The summed E-state index contributed by atoms with van der Waals surface area (Å²) in [5.74, 6) is 0.429. The first-order valence-corrected chi connectivity index (χ1v) is 14.9. The Morgan fingerprint density at radius 3 is 1.92 bits per heavy atom. The lowest BCUT2D eigenvalue weighted by molar-refractivity contribution is -0.131. The van der Waals surface area contributed by atoms with Gasteiger partial charge in [-0.05, 0) is 55.6 Å². The van der Waals surface area contributed by atoms with Gasteiger partial charge >= 0.3 is 0 Å². The highest BCUT2D eigenvalue weighted by Crippen LogP contribution is 2.60. The SMILES string of the molecule is CCCCCCCC[C@]1(O)C[C@@H]2CC(COCc3ccccc3)(COCc3ccccc3)C[C@@H]2[C@H]1C(C)=O. The van der Waals surface area contributed by atoms with Crippen LogP contribution in [0.3, 0.4) is 0 Å². The van der Waals surface area contributed by atoms with Gasteiger partial charge in [0, 0.05) is 11.3 Å². The highest BCUT2D eigenvalue weighted by molar-refractivity contribution is 5.80. The number of hydrogen-bond donors (Lipinski definition) is 1. The van der Waals surface area contributed by atoms with E-state index in [0.29, 0.717) is 32.3 Å². The third-order valence-electron chi connectivity index (χ3n) is 9.03. The third-order valence-corrected chi connectivity index (χ3v) is 9.03. The van der Waals surface area contributed by atoms with Crippen molar-refractivity contribution in [2.24, 2.45) is 23.2 Å². The summed E-state index contributed by atoms with van der Waals surface area (Å²) in [6, 6.07) is 20.6. The van der Waals surface area contributed by atoms with Crippen LogP contribution in [0.1, 0.15) is 89.2 Å². The molecule has 208 valence electrons. The van der Waals surface area contributed by atoms with Crippen molar-refractivity contribution < 1.29 is 19.4 Å². The lowest BCUT2D eigenvalue weighted by atomic mass is 9.75. The van der Waals surface area contributed by atoms with Crippen LogP contribution in [0.15, 0.2) is 60.7 Å². The molecule has 0 bridgehead atoms. The summed E-state index contributed by atoms with van der Waals surface area (Å²) in [5, 5.41) is 11.8. The van der Waals surface area contributed by atoms with Crippen LogP contribution in [-0.2, 0) is 27.5 Å². The molecule has 4 rings (SSSR count). The Balaban J connectivity index is 1.40. The van der Waals surface area contributed by atoms with Gasteiger partial charge in [-0.2, -0.15) is 0 Å². The molecule has 0 spiro atoms. The maximum atomic E-state index is 13.0. The number of Topliss-reactive ketones (excluding diaryl/α,β-unsaturated/α-hetero) is 1. The molecule has 0 unspecified atom stereocenters. The van der Waals surface area contributed by atoms with E-state index in [1.807, 2.05) is 36.4 Å². The average Bonchev–Trinajstić information content (AvgIpc) is 3.37. The van der Waals surface area contributed by atoms with Crippen LogP contribution in [-0.4, -0.2) is 29.7 Å². The quantitative estimate of drug-likeness (QED) is 0.233. The molecule has 2 saturated carbocycles. The van der Waals surface area contributed by atoms with Crippen LogP contribution < -0.4 is 0 Å². The van der Waals surface area contributed by atoms with Gasteiger partial charge in [-0.1, -0.05) is 106 Å². The van der Waals surface area contributed by atoms with Crippen molar-refractivity contribution in [3.05, 3.63) is 71.8 Å². The Kier molecular flexibility index (Phi) is 10.6. The summed E-state index contributed by atoms with van der Waals surface area (Å²) < 4.78 is 12.6. The van der Waals surface area contributed by atoms with E-state index in [0.717, 1.165) is 38.5 Å². The van der Waals surface area contributed by atoms with Gasteiger partial charge in [0.2, 0.25) is 0 Å². The molecule has 2 fully saturated rings. The first-order chi connectivity index (χ1) is 18.4. The van der Waals surface area contributed by atoms with Gasteiger partial charge in [-0.3, -0.25) is 4.79 Å². The largest absolute Gasteiger partial charge is 0.389 e. The molecular weight excluding hydrogens is 472 g/mol. The molecule has 1 N–H and O–H groups in total. The van der Waals surface area contributed by atoms with Crippen LogP contribution in [0.2, 0.25) is 0 Å². The summed E-state index contributed by atoms with van der Waals surface area (Å²) in [4.78, 5) is 13.0. The van der Waals surface area contributed by atoms with Crippen LogP contribution in [0, 0.1) is 23.2 Å². The first kappa shape index (κ1) is 29.0. The maximum absolute atomic E-state index is 13.0. The number of carbonyl (C=O) groups is 1. The number of fused-ring (bicyclic) bond motifs is 1. The second-order valence-corrected chi connectivity index (χ2v) is 12.2. The van der Waals surface area contributed by atoms with Gasteiger partial charge in [0.25, 0.3) is 0 Å². The van der Waals surface area contributed by atoms with Crippen molar-refractivity contribution in [1.82, 2.24) is 0 Å². The van der Waals surface area contributed by atoms with Gasteiger partial charge in [0.15, 0.2) is 0 Å². The minimum atomic E-state index is -0.853. The highest BCUT2D eigenvalue weighted by atomic mass is 16.5. The summed E-state index contributed by atoms with van der Waals surface area (Å²) in [6.45, 7) is 6.31. The predicted octanol–water partition coefficient (Wildman–Crippen LogP) is 7.52. The zero-order valence-electron chi connectivity index (χ0n) is 23.6. The summed E-state index contributed by atoms with van der Waals surface area (Å²) in [5.41, 5.74) is 1.35. The highest BCUT2D eigenvalue weighted by Gasteiger charge is 2.60. The molecule has 2 aliphatic rings. The van der Waals surface area contributed by atoms with E-state index in [1.165, 1.54) is 36.8 Å². The molecule has 2 aromatic rings. The Morgan fingerprint density at radius 2 is 1.37 bits per heavy atom. The van der Waals surface area contributed by atoms with E-state index >= 15 is 0 Å². The Labute approximate surface area is 230 Å². The van der Waals surface area contributed by atoms with E-state index in [4.69, 9.17) is 9.47 Å². The second-order valence-electron chi connectivity index (χ2n) is 12.2. The number of ether oxygens (including phenoxy) is 2. The number of aliphatic hydroxyl groups is 1. The fraction of sp³-hybridized carbons (Fsp3) is 0.618. The number of benzene rings is 2. The van der Waals surface area contributed by atoms with Crippen LogP contribution >= 0.6 is 0 Å². The van der Waals surface area contributed by atoms with Crippen LogP contribution in [0.5, 0.6) is 0 Å². The molecule has 0 heterocycles. The number of ketones is 1. The summed E-state index contributed by atoms with van der Waals surface area (Å²) in [7, 11) is 0. The van der Waals surface area contributed by atoms with E-state index in [2.05, 4.69) is 31.2 Å². The van der Waals surface area contributed by atoms with E-state index in [9.17, 15) is 9.90 Å². The van der Waals surface area contributed by atoms with Gasteiger partial charge < -0.3 is 14.6 Å². The molecule has 0 amide bonds. The number of carbonyl (C=O) groups excluding carboxylic acids is 1. The molecular formula is C34H48O4. The molecule has 4 nitrogen and oxygen atoms in total. The molecule has 4 heteroatoms. The molecule has 38 heavy (non-hydrogen) atoms. The van der Waals surface area contributed by atoms with Gasteiger partial charge in [0.1, 0.15) is 5.78 Å². The zero-order valence-corrected chi connectivity index (χ0v) is 23.6. The normalized spacial score (nSPS) is 25.9. The van der Waals surface area contributed by atoms with Crippen LogP contribution in [0.25, 0.3) is 0 Å². The molecule has 0 radical (unpaired) electrons. The van der Waals surface area contributed by atoms with Crippen molar-refractivity contribution in [2.75, 3.05) is 13.2 Å². The first-order valence-electron chi connectivity index (χ1n) is 14.9. The van der Waals surface area contributed by atoms with Gasteiger partial charge in [-0.15, -0.1) is 0 Å². The summed E-state index contributed by atoms with van der Waals surface area (Å²) >= 11 is 0. The van der Waals surface area contributed by atoms with Crippen molar-refractivity contribution in [1.29, 1.82) is 0 Å². The van der Waals surface area contributed by atoms with E-state index < -0.39 is 5.60 Å². The lowest BCUT2D eigenvalue weighted by Crippen LogP contribution is -2.41. The molecule has 0 aromatic heterocycles. The number of rotatable bonds is 16. The van der Waals surface area contributed by atoms with Gasteiger partial charge in [-0.25, -0.2) is 0 Å². The standard InChI is InChI=1S/C34H48O4/c1-3-4-5-6-7-14-19-34(36)21-30-20-33(22-31(30)32(34)27(2)35,25-37-23-28-15-10-8-11-16-28)26-38-24-29-17-12-9-13-18-29/h8-13,15-18,30-32,36H,3-7,14,19-26H2,1-2H3/t30-,31-,32+,34-/m0/s1. The van der Waals surface area contributed by atoms with Crippen molar-refractivity contribution in [2.45, 2.75) is 96.9 Å². The predicted molar refractivity (Wildman–Crippen MR) is 153 cm³/mol. The van der Waals surface area contributed by atoms with Gasteiger partial charge in [0.05, 0.1) is 32.0 Å². The average molecular weight is 521 g/mol. The Bertz CT molecular complexity index is 929. The fourth-order valence-corrected chi connectivity index (χ4v) is 7.40. The van der Waals surface area contributed by atoms with Crippen molar-refractivity contribution >= 4 is 5.78 Å². The van der Waals surface area contributed by atoms with Crippen LogP contribution in [0.4, 0.5) is 0 Å². The number of unbranched alkanes of at least 4 members (excludes halogenated alkanes) is 5. The second kappa shape index (κ2) is 13.9. The van der Waals surface area contributed by atoms with E-state index in [-0.39, 0.29) is 23.0 Å². The fourth-order valence-electron chi connectivity index (χ4n) is 7.40. The topological polar surface area (TPSA) is 55.8 Å². The van der Waals surface area contributed by atoms with Crippen molar-refractivity contribution in [3.63, 3.8) is 0 Å².